The molecule has 0 aliphatic rings. The molecule has 1 heterocycles. The smallest absolute Gasteiger partial charge is 0.258 e. The molecule has 0 fully saturated rings. The molecule has 0 bridgehead atoms. The van der Waals surface area contributed by atoms with Crippen LogP contribution in [0.5, 0.6) is 0 Å². The van der Waals surface area contributed by atoms with Gasteiger partial charge in [-0.25, -0.2) is 4.68 Å². The van der Waals surface area contributed by atoms with Crippen molar-refractivity contribution in [3.05, 3.63) is 48.0 Å². The lowest BCUT2D eigenvalue weighted by atomic mass is 10.1. The zero-order valence-corrected chi connectivity index (χ0v) is 10.2. The molecule has 0 saturated heterocycles. The average Bonchev–Trinajstić information content (AvgIpc) is 2.84. The van der Waals surface area contributed by atoms with Gasteiger partial charge < -0.3 is 0 Å². The summed E-state index contributed by atoms with van der Waals surface area (Å²) in [6.07, 6.45) is 0. The van der Waals surface area contributed by atoms with Gasteiger partial charge in [0.05, 0.1) is 0 Å². The van der Waals surface area contributed by atoms with E-state index in [4.69, 9.17) is 0 Å². The molecule has 0 aliphatic heterocycles. The molecule has 0 radical (unpaired) electrons. The highest BCUT2D eigenvalue weighted by molar-refractivity contribution is 6.05. The van der Waals surface area contributed by atoms with E-state index in [0.717, 1.165) is 10.8 Å². The number of tetrazole rings is 1. The molecular formula is C13H11N5O. The molecule has 19 heavy (non-hydrogen) atoms. The van der Waals surface area contributed by atoms with Gasteiger partial charge in [-0.1, -0.05) is 35.4 Å². The standard InChI is InChI=1S/C13H11N5O/c1-18-13(15-16-17-18)14-12(19)11-7-6-9-4-2-3-5-10(9)8-11/h2-8H,1H3,(H,14,15,17,19). The van der Waals surface area contributed by atoms with E-state index < -0.39 is 0 Å². The number of aromatic nitrogens is 4. The van der Waals surface area contributed by atoms with Gasteiger partial charge in [-0.2, -0.15) is 0 Å². The maximum absolute atomic E-state index is 12.1. The molecule has 3 rings (SSSR count). The molecule has 1 N–H and O–H groups in total. The Morgan fingerprint density at radius 3 is 2.68 bits per heavy atom. The maximum atomic E-state index is 12.1. The monoisotopic (exact) mass is 253 g/mol. The van der Waals surface area contributed by atoms with Crippen molar-refractivity contribution < 1.29 is 4.79 Å². The number of amides is 1. The third-order valence-electron chi connectivity index (χ3n) is 2.86. The van der Waals surface area contributed by atoms with Crippen LogP contribution in [0.1, 0.15) is 10.4 Å². The summed E-state index contributed by atoms with van der Waals surface area (Å²) in [5.41, 5.74) is 0.571. The van der Waals surface area contributed by atoms with Crippen molar-refractivity contribution >= 4 is 22.6 Å². The number of hydrogen-bond acceptors (Lipinski definition) is 4. The van der Waals surface area contributed by atoms with Gasteiger partial charge in [-0.3, -0.25) is 10.1 Å². The number of hydrogen-bond donors (Lipinski definition) is 1. The summed E-state index contributed by atoms with van der Waals surface area (Å²) in [6, 6.07) is 13.4. The van der Waals surface area contributed by atoms with Crippen molar-refractivity contribution in [2.24, 2.45) is 7.05 Å². The Kier molecular flexibility index (Phi) is 2.68. The van der Waals surface area contributed by atoms with Crippen molar-refractivity contribution in [1.29, 1.82) is 0 Å². The van der Waals surface area contributed by atoms with Gasteiger partial charge in [0.1, 0.15) is 0 Å². The van der Waals surface area contributed by atoms with Crippen molar-refractivity contribution in [3.8, 4) is 0 Å². The molecule has 2 aromatic carbocycles. The van der Waals surface area contributed by atoms with Crippen LogP contribution in [0.25, 0.3) is 10.8 Å². The number of nitrogens with one attached hydrogen (secondary N) is 1. The molecule has 0 unspecified atom stereocenters. The van der Waals surface area contributed by atoms with Crippen LogP contribution < -0.4 is 5.32 Å². The number of aryl methyl sites for hydroxylation is 1. The van der Waals surface area contributed by atoms with E-state index in [1.807, 2.05) is 36.4 Å². The van der Waals surface area contributed by atoms with Crippen molar-refractivity contribution in [3.63, 3.8) is 0 Å². The van der Waals surface area contributed by atoms with Crippen LogP contribution in [-0.4, -0.2) is 26.1 Å². The number of carbonyl (C=O) groups is 1. The highest BCUT2D eigenvalue weighted by Crippen LogP contribution is 2.16. The fraction of sp³-hybridized carbons (Fsp3) is 0.0769. The third-order valence-corrected chi connectivity index (χ3v) is 2.86. The van der Waals surface area contributed by atoms with Gasteiger partial charge >= 0.3 is 0 Å². The van der Waals surface area contributed by atoms with E-state index >= 15 is 0 Å². The molecule has 0 atom stereocenters. The Morgan fingerprint density at radius 2 is 1.95 bits per heavy atom. The first-order valence-electron chi connectivity index (χ1n) is 5.76. The summed E-state index contributed by atoms with van der Waals surface area (Å²) in [4.78, 5) is 12.1. The predicted octanol–water partition coefficient (Wildman–Crippen LogP) is 1.62. The molecule has 1 amide bonds. The van der Waals surface area contributed by atoms with E-state index in [1.54, 1.807) is 13.1 Å². The van der Waals surface area contributed by atoms with Crippen LogP contribution in [0.15, 0.2) is 42.5 Å². The number of anilines is 1. The SMILES string of the molecule is Cn1nnnc1NC(=O)c1ccc2ccccc2c1. The Labute approximate surface area is 109 Å². The summed E-state index contributed by atoms with van der Waals surface area (Å²) < 4.78 is 1.40. The van der Waals surface area contributed by atoms with Crippen LogP contribution in [0.3, 0.4) is 0 Å². The van der Waals surface area contributed by atoms with E-state index in [9.17, 15) is 4.79 Å². The van der Waals surface area contributed by atoms with Gasteiger partial charge in [-0.05, 0) is 33.3 Å². The topological polar surface area (TPSA) is 72.7 Å². The molecule has 3 aromatic rings. The van der Waals surface area contributed by atoms with Crippen LogP contribution in [0.4, 0.5) is 5.95 Å². The molecule has 1 aromatic heterocycles. The van der Waals surface area contributed by atoms with Gasteiger partial charge in [-0.15, -0.1) is 0 Å². The average molecular weight is 253 g/mol. The Morgan fingerprint density at radius 1 is 1.16 bits per heavy atom. The first kappa shape index (κ1) is 11.3. The van der Waals surface area contributed by atoms with Crippen LogP contribution >= 0.6 is 0 Å². The Hall–Kier alpha value is -2.76. The largest absolute Gasteiger partial charge is 0.289 e. The molecule has 0 spiro atoms. The minimum atomic E-state index is -0.233. The maximum Gasteiger partial charge on any atom is 0.258 e. The zero-order chi connectivity index (χ0) is 13.2. The lowest BCUT2D eigenvalue weighted by molar-refractivity contribution is 0.102. The van der Waals surface area contributed by atoms with Gasteiger partial charge in [0.25, 0.3) is 5.91 Å². The Balaban J connectivity index is 1.91. The van der Waals surface area contributed by atoms with Crippen LogP contribution in [-0.2, 0) is 7.05 Å². The number of rotatable bonds is 2. The number of carbonyl (C=O) groups excluding carboxylic acids is 1. The number of benzene rings is 2. The van der Waals surface area contributed by atoms with Crippen molar-refractivity contribution in [1.82, 2.24) is 20.2 Å². The third kappa shape index (κ3) is 2.15. The minimum absolute atomic E-state index is 0.233. The summed E-state index contributed by atoms with van der Waals surface area (Å²) in [6.45, 7) is 0. The summed E-state index contributed by atoms with van der Waals surface area (Å²) in [5.74, 6) is 0.0850. The number of nitrogens with zero attached hydrogens (tertiary/aromatic N) is 4. The highest BCUT2D eigenvalue weighted by atomic mass is 16.1. The molecule has 0 saturated carbocycles. The lowest BCUT2D eigenvalue weighted by Crippen LogP contribution is -2.15. The first-order chi connectivity index (χ1) is 9.24. The highest BCUT2D eigenvalue weighted by Gasteiger charge is 2.10. The second-order valence-corrected chi connectivity index (χ2v) is 4.14. The molecular weight excluding hydrogens is 242 g/mol. The first-order valence-corrected chi connectivity index (χ1v) is 5.76. The number of fused-ring (bicyclic) bond motifs is 1. The summed E-state index contributed by atoms with van der Waals surface area (Å²) in [5, 5.41) is 15.6. The van der Waals surface area contributed by atoms with E-state index in [-0.39, 0.29) is 5.91 Å². The molecule has 94 valence electrons. The second kappa shape index (κ2) is 4.49. The normalized spacial score (nSPS) is 10.6. The van der Waals surface area contributed by atoms with E-state index in [2.05, 4.69) is 20.8 Å². The summed E-state index contributed by atoms with van der Waals surface area (Å²) in [7, 11) is 1.66. The quantitative estimate of drug-likeness (QED) is 0.753. The fourth-order valence-corrected chi connectivity index (χ4v) is 1.84. The lowest BCUT2D eigenvalue weighted by Gasteiger charge is -2.04. The van der Waals surface area contributed by atoms with Gasteiger partial charge in [0.2, 0.25) is 5.95 Å². The zero-order valence-electron chi connectivity index (χ0n) is 10.2. The van der Waals surface area contributed by atoms with E-state index in [0.29, 0.717) is 11.5 Å². The van der Waals surface area contributed by atoms with Crippen molar-refractivity contribution in [2.45, 2.75) is 0 Å². The summed E-state index contributed by atoms with van der Waals surface area (Å²) >= 11 is 0. The van der Waals surface area contributed by atoms with E-state index in [1.165, 1.54) is 4.68 Å². The Bertz CT molecular complexity index is 749. The molecule has 6 nitrogen and oxygen atoms in total. The van der Waals surface area contributed by atoms with Gasteiger partial charge in [0.15, 0.2) is 0 Å². The molecule has 0 aliphatic carbocycles. The fourth-order valence-electron chi connectivity index (χ4n) is 1.84. The van der Waals surface area contributed by atoms with Crippen molar-refractivity contribution in [2.75, 3.05) is 5.32 Å². The van der Waals surface area contributed by atoms with Gasteiger partial charge in [0, 0.05) is 12.6 Å². The minimum Gasteiger partial charge on any atom is -0.289 e. The van der Waals surface area contributed by atoms with Crippen LogP contribution in [0, 0.1) is 0 Å². The second-order valence-electron chi connectivity index (χ2n) is 4.14. The molecule has 6 heteroatoms. The predicted molar refractivity (Wildman–Crippen MR) is 70.7 cm³/mol. The van der Waals surface area contributed by atoms with Crippen LogP contribution in [0.2, 0.25) is 0 Å².